The quantitative estimate of drug-likeness (QED) is 0.874. The molecule has 1 N–H and O–H groups in total. The fourth-order valence-electron chi connectivity index (χ4n) is 1.44. The van der Waals surface area contributed by atoms with Gasteiger partial charge in [-0.05, 0) is 45.4 Å². The van der Waals surface area contributed by atoms with Crippen LogP contribution >= 0.6 is 0 Å². The van der Waals surface area contributed by atoms with Crippen molar-refractivity contribution in [2.24, 2.45) is 0 Å². The molecule has 0 aromatic carbocycles. The van der Waals surface area contributed by atoms with Gasteiger partial charge in [0, 0.05) is 31.0 Å². The highest BCUT2D eigenvalue weighted by Crippen LogP contribution is 2.06. The van der Waals surface area contributed by atoms with Gasteiger partial charge in [0.25, 0.3) is 0 Å². The van der Waals surface area contributed by atoms with Gasteiger partial charge >= 0.3 is 6.03 Å². The van der Waals surface area contributed by atoms with Crippen molar-refractivity contribution in [3.8, 4) is 0 Å². The van der Waals surface area contributed by atoms with E-state index in [2.05, 4.69) is 10.3 Å². The van der Waals surface area contributed by atoms with Crippen molar-refractivity contribution in [1.82, 2.24) is 15.2 Å². The third kappa shape index (κ3) is 4.85. The molecule has 0 atom stereocenters. The van der Waals surface area contributed by atoms with Gasteiger partial charge in [-0.3, -0.25) is 4.98 Å². The maximum Gasteiger partial charge on any atom is 0.318 e. The van der Waals surface area contributed by atoms with Gasteiger partial charge in [0.15, 0.2) is 0 Å². The molecular formula is C13H21N3O. The van der Waals surface area contributed by atoms with Crippen LogP contribution in [-0.4, -0.2) is 28.0 Å². The minimum atomic E-state index is -0.206. The van der Waals surface area contributed by atoms with E-state index in [1.807, 2.05) is 39.8 Å². The molecule has 0 radical (unpaired) electrons. The third-order valence-electron chi connectivity index (χ3n) is 2.27. The number of aromatic nitrogens is 1. The van der Waals surface area contributed by atoms with E-state index < -0.39 is 0 Å². The molecule has 0 bridgehead atoms. The van der Waals surface area contributed by atoms with Gasteiger partial charge in [-0.2, -0.15) is 0 Å². The van der Waals surface area contributed by atoms with Gasteiger partial charge in [0.2, 0.25) is 0 Å². The number of carbonyl (C=O) groups excluding carboxylic acids is 1. The van der Waals surface area contributed by atoms with Gasteiger partial charge in [-0.15, -0.1) is 0 Å². The maximum atomic E-state index is 12.0. The summed E-state index contributed by atoms with van der Waals surface area (Å²) in [5.41, 5.74) is 0.883. The van der Waals surface area contributed by atoms with Crippen molar-refractivity contribution < 1.29 is 4.79 Å². The van der Waals surface area contributed by atoms with E-state index in [4.69, 9.17) is 0 Å². The van der Waals surface area contributed by atoms with Crippen LogP contribution in [0.5, 0.6) is 0 Å². The smallest absolute Gasteiger partial charge is 0.318 e. The first-order valence-electron chi connectivity index (χ1n) is 5.88. The van der Waals surface area contributed by atoms with E-state index in [1.165, 1.54) is 0 Å². The highest BCUT2D eigenvalue weighted by molar-refractivity contribution is 5.74. The maximum absolute atomic E-state index is 12.0. The lowest BCUT2D eigenvalue weighted by molar-refractivity contribution is 0.189. The molecule has 0 aliphatic heterocycles. The average molecular weight is 235 g/mol. The molecule has 0 fully saturated rings. The summed E-state index contributed by atoms with van der Waals surface area (Å²) in [5, 5.41) is 2.96. The molecule has 94 valence electrons. The fraction of sp³-hybridized carbons (Fsp3) is 0.538. The highest BCUT2D eigenvalue weighted by atomic mass is 16.2. The second-order valence-corrected chi connectivity index (χ2v) is 5.05. The van der Waals surface area contributed by atoms with Gasteiger partial charge in [0.1, 0.15) is 0 Å². The Morgan fingerprint density at radius 2 is 1.94 bits per heavy atom. The van der Waals surface area contributed by atoms with Crippen molar-refractivity contribution >= 4 is 6.03 Å². The number of urea groups is 1. The number of amides is 2. The lowest BCUT2D eigenvalue weighted by atomic mass is 10.1. The Balaban J connectivity index is 2.63. The Labute approximate surface area is 103 Å². The molecule has 0 saturated heterocycles. The van der Waals surface area contributed by atoms with E-state index in [9.17, 15) is 4.79 Å². The van der Waals surface area contributed by atoms with E-state index in [1.54, 1.807) is 17.3 Å². The first-order chi connectivity index (χ1) is 7.92. The number of rotatable bonds is 3. The predicted octanol–water partition coefficient (Wildman–Crippen LogP) is 2.41. The summed E-state index contributed by atoms with van der Waals surface area (Å²) >= 11 is 0. The van der Waals surface area contributed by atoms with Crippen LogP contribution in [0.2, 0.25) is 0 Å². The highest BCUT2D eigenvalue weighted by Gasteiger charge is 2.18. The Morgan fingerprint density at radius 3 is 2.41 bits per heavy atom. The first-order valence-corrected chi connectivity index (χ1v) is 5.88. The first kappa shape index (κ1) is 13.5. The summed E-state index contributed by atoms with van der Waals surface area (Å²) in [6.45, 7) is 9.20. The molecule has 1 rings (SSSR count). The van der Waals surface area contributed by atoms with Crippen LogP contribution in [0, 0.1) is 0 Å². The van der Waals surface area contributed by atoms with Crippen LogP contribution in [-0.2, 0) is 6.54 Å². The van der Waals surface area contributed by atoms with Crippen molar-refractivity contribution in [2.45, 2.75) is 39.8 Å². The Kier molecular flexibility index (Phi) is 4.49. The van der Waals surface area contributed by atoms with E-state index >= 15 is 0 Å². The molecule has 0 aliphatic carbocycles. The third-order valence-corrected chi connectivity index (χ3v) is 2.27. The summed E-state index contributed by atoms with van der Waals surface area (Å²) in [7, 11) is 0. The Morgan fingerprint density at radius 1 is 1.35 bits per heavy atom. The van der Waals surface area contributed by atoms with Crippen LogP contribution in [0.15, 0.2) is 24.5 Å². The molecule has 2 amide bonds. The number of nitrogens with one attached hydrogen (secondary N) is 1. The van der Waals surface area contributed by atoms with Gasteiger partial charge in [-0.1, -0.05) is 0 Å². The lowest BCUT2D eigenvalue weighted by Gasteiger charge is -2.27. The minimum Gasteiger partial charge on any atom is -0.333 e. The molecule has 0 spiro atoms. The molecule has 0 aliphatic rings. The van der Waals surface area contributed by atoms with Crippen molar-refractivity contribution in [3.63, 3.8) is 0 Å². The lowest BCUT2D eigenvalue weighted by Crippen LogP contribution is -2.48. The summed E-state index contributed by atoms with van der Waals surface area (Å²) in [5.74, 6) is 0. The number of pyridine rings is 1. The normalized spacial score (nSPS) is 11.1. The van der Waals surface area contributed by atoms with Crippen LogP contribution in [0.1, 0.15) is 33.3 Å². The molecule has 1 aromatic heterocycles. The molecule has 1 heterocycles. The number of nitrogens with zero attached hydrogens (tertiary/aromatic N) is 2. The summed E-state index contributed by atoms with van der Waals surface area (Å²) in [6, 6.07) is 3.82. The summed E-state index contributed by atoms with van der Waals surface area (Å²) in [4.78, 5) is 17.7. The molecule has 0 unspecified atom stereocenters. The average Bonchev–Trinajstić information content (AvgIpc) is 2.24. The summed E-state index contributed by atoms with van der Waals surface area (Å²) < 4.78 is 0. The zero-order valence-electron chi connectivity index (χ0n) is 11.0. The second kappa shape index (κ2) is 5.66. The van der Waals surface area contributed by atoms with Crippen molar-refractivity contribution in [3.05, 3.63) is 30.1 Å². The Hall–Kier alpha value is -1.58. The topological polar surface area (TPSA) is 45.2 Å². The SMILES string of the molecule is CCN(Cc1ccncc1)C(=O)NC(C)(C)C. The van der Waals surface area contributed by atoms with Crippen LogP contribution in [0.3, 0.4) is 0 Å². The number of hydrogen-bond acceptors (Lipinski definition) is 2. The van der Waals surface area contributed by atoms with Gasteiger partial charge in [-0.25, -0.2) is 4.79 Å². The second-order valence-electron chi connectivity index (χ2n) is 5.05. The predicted molar refractivity (Wildman–Crippen MR) is 68.6 cm³/mol. The number of carbonyl (C=O) groups is 1. The van der Waals surface area contributed by atoms with E-state index in [-0.39, 0.29) is 11.6 Å². The standard InChI is InChI=1S/C13H21N3O/c1-5-16(12(17)15-13(2,3)4)10-11-6-8-14-9-7-11/h6-9H,5,10H2,1-4H3,(H,15,17). The van der Waals surface area contributed by atoms with E-state index in [0.29, 0.717) is 13.1 Å². The number of hydrogen-bond donors (Lipinski definition) is 1. The molecule has 1 aromatic rings. The van der Waals surface area contributed by atoms with Gasteiger partial charge in [0.05, 0.1) is 0 Å². The monoisotopic (exact) mass is 235 g/mol. The van der Waals surface area contributed by atoms with Crippen molar-refractivity contribution in [1.29, 1.82) is 0 Å². The molecule has 4 heteroatoms. The van der Waals surface area contributed by atoms with Gasteiger partial charge < -0.3 is 10.2 Å². The summed E-state index contributed by atoms with van der Waals surface area (Å²) in [6.07, 6.45) is 3.48. The zero-order valence-corrected chi connectivity index (χ0v) is 11.0. The van der Waals surface area contributed by atoms with Crippen LogP contribution in [0.25, 0.3) is 0 Å². The van der Waals surface area contributed by atoms with Crippen LogP contribution in [0.4, 0.5) is 4.79 Å². The largest absolute Gasteiger partial charge is 0.333 e. The van der Waals surface area contributed by atoms with Crippen LogP contribution < -0.4 is 5.32 Å². The van der Waals surface area contributed by atoms with E-state index in [0.717, 1.165) is 5.56 Å². The molecule has 17 heavy (non-hydrogen) atoms. The van der Waals surface area contributed by atoms with Crippen molar-refractivity contribution in [2.75, 3.05) is 6.54 Å². The molecule has 0 saturated carbocycles. The zero-order chi connectivity index (χ0) is 12.9. The molecular weight excluding hydrogens is 214 g/mol. The fourth-order valence-corrected chi connectivity index (χ4v) is 1.44. The minimum absolute atomic E-state index is 0.0307. The molecule has 4 nitrogen and oxygen atoms in total. The Bertz CT molecular complexity index is 357.